The van der Waals surface area contributed by atoms with Crippen LogP contribution in [0.15, 0.2) is 53.7 Å². The lowest BCUT2D eigenvalue weighted by atomic mass is 9.89. The summed E-state index contributed by atoms with van der Waals surface area (Å²) >= 11 is 1.57. The number of aromatic nitrogens is 1. The number of nitrogens with one attached hydrogen (secondary N) is 1. The second-order valence-corrected chi connectivity index (χ2v) is 8.59. The average Bonchev–Trinajstić information content (AvgIpc) is 3.34. The predicted octanol–water partition coefficient (Wildman–Crippen LogP) is 4.42. The molecule has 2 aliphatic rings. The molecule has 2 fully saturated rings. The lowest BCUT2D eigenvalue weighted by Gasteiger charge is -2.22. The molecule has 3 atom stereocenters. The number of amides is 1. The minimum absolute atomic E-state index is 0.00245. The van der Waals surface area contributed by atoms with Gasteiger partial charge in [-0.05, 0) is 61.3 Å². The normalized spacial score (nSPS) is 23.3. The van der Waals surface area contributed by atoms with Gasteiger partial charge in [0.1, 0.15) is 10.8 Å². The molecular weight excluding hydrogens is 356 g/mol. The van der Waals surface area contributed by atoms with Gasteiger partial charge >= 0.3 is 0 Å². The molecule has 1 heterocycles. The van der Waals surface area contributed by atoms with Crippen LogP contribution in [0.2, 0.25) is 0 Å². The SMILES string of the molecule is O=C(NCC1CC2CCC1C2)c1cccnc1SCCOc1ccccc1. The Kier molecular flexibility index (Phi) is 5.97. The summed E-state index contributed by atoms with van der Waals surface area (Å²) in [5, 5.41) is 3.94. The van der Waals surface area contributed by atoms with Crippen LogP contribution in [0, 0.1) is 17.8 Å². The van der Waals surface area contributed by atoms with Gasteiger partial charge in [0.05, 0.1) is 12.2 Å². The van der Waals surface area contributed by atoms with E-state index in [2.05, 4.69) is 10.3 Å². The molecule has 27 heavy (non-hydrogen) atoms. The zero-order valence-electron chi connectivity index (χ0n) is 15.5. The smallest absolute Gasteiger partial charge is 0.254 e. The molecule has 3 unspecified atom stereocenters. The first-order valence-electron chi connectivity index (χ1n) is 9.83. The first-order chi connectivity index (χ1) is 13.3. The molecule has 1 aromatic heterocycles. The Morgan fingerprint density at radius 2 is 2.04 bits per heavy atom. The van der Waals surface area contributed by atoms with E-state index >= 15 is 0 Å². The zero-order chi connectivity index (χ0) is 18.5. The summed E-state index contributed by atoms with van der Waals surface area (Å²) in [5.74, 6) is 4.01. The molecule has 5 heteroatoms. The van der Waals surface area contributed by atoms with E-state index in [1.807, 2.05) is 42.5 Å². The number of carbonyl (C=O) groups excluding carboxylic acids is 1. The molecule has 4 rings (SSSR count). The molecule has 1 N–H and O–H groups in total. The maximum absolute atomic E-state index is 12.7. The van der Waals surface area contributed by atoms with Crippen molar-refractivity contribution in [1.29, 1.82) is 0 Å². The Labute approximate surface area is 165 Å². The van der Waals surface area contributed by atoms with Gasteiger partial charge in [0.2, 0.25) is 0 Å². The maximum atomic E-state index is 12.7. The fourth-order valence-electron chi connectivity index (χ4n) is 4.44. The van der Waals surface area contributed by atoms with Gasteiger partial charge in [0.15, 0.2) is 0 Å². The van der Waals surface area contributed by atoms with Crippen LogP contribution in [0.1, 0.15) is 36.0 Å². The molecule has 2 aromatic rings. The summed E-state index contributed by atoms with van der Waals surface area (Å²) in [6.07, 6.45) is 7.14. The van der Waals surface area contributed by atoms with Crippen LogP contribution in [0.5, 0.6) is 5.75 Å². The minimum atomic E-state index is -0.00245. The monoisotopic (exact) mass is 382 g/mol. The summed E-state index contributed by atoms with van der Waals surface area (Å²) in [6, 6.07) is 13.5. The van der Waals surface area contributed by atoms with E-state index < -0.39 is 0 Å². The van der Waals surface area contributed by atoms with Crippen LogP contribution in [-0.2, 0) is 0 Å². The number of hydrogen-bond acceptors (Lipinski definition) is 4. The van der Waals surface area contributed by atoms with Crippen molar-refractivity contribution in [2.45, 2.75) is 30.7 Å². The van der Waals surface area contributed by atoms with Crippen molar-refractivity contribution in [2.24, 2.45) is 17.8 Å². The molecule has 0 spiro atoms. The minimum Gasteiger partial charge on any atom is -0.493 e. The van der Waals surface area contributed by atoms with Crippen LogP contribution in [-0.4, -0.2) is 29.8 Å². The first-order valence-corrected chi connectivity index (χ1v) is 10.8. The second-order valence-electron chi connectivity index (χ2n) is 7.51. The number of pyridine rings is 1. The summed E-state index contributed by atoms with van der Waals surface area (Å²) in [4.78, 5) is 17.1. The van der Waals surface area contributed by atoms with Crippen molar-refractivity contribution in [2.75, 3.05) is 18.9 Å². The molecule has 2 aliphatic carbocycles. The molecular formula is C22H26N2O2S. The quantitative estimate of drug-likeness (QED) is 0.542. The largest absolute Gasteiger partial charge is 0.493 e. The van der Waals surface area contributed by atoms with E-state index in [9.17, 15) is 4.79 Å². The number of para-hydroxylation sites is 1. The predicted molar refractivity (Wildman–Crippen MR) is 108 cm³/mol. The lowest BCUT2D eigenvalue weighted by Crippen LogP contribution is -2.32. The average molecular weight is 383 g/mol. The van der Waals surface area contributed by atoms with E-state index in [1.54, 1.807) is 18.0 Å². The van der Waals surface area contributed by atoms with E-state index in [0.717, 1.165) is 34.9 Å². The topological polar surface area (TPSA) is 51.2 Å². The number of benzene rings is 1. The maximum Gasteiger partial charge on any atom is 0.254 e. The fourth-order valence-corrected chi connectivity index (χ4v) is 5.25. The van der Waals surface area contributed by atoms with E-state index in [0.29, 0.717) is 18.1 Å². The zero-order valence-corrected chi connectivity index (χ0v) is 16.3. The van der Waals surface area contributed by atoms with Crippen molar-refractivity contribution >= 4 is 17.7 Å². The number of fused-ring (bicyclic) bond motifs is 2. The number of carbonyl (C=O) groups is 1. The third-order valence-electron chi connectivity index (χ3n) is 5.76. The van der Waals surface area contributed by atoms with Gasteiger partial charge in [0, 0.05) is 18.5 Å². The molecule has 142 valence electrons. The van der Waals surface area contributed by atoms with Crippen LogP contribution >= 0.6 is 11.8 Å². The third-order valence-corrected chi connectivity index (χ3v) is 6.73. The van der Waals surface area contributed by atoms with Gasteiger partial charge in [0.25, 0.3) is 5.91 Å². The Hall–Kier alpha value is -2.01. The highest BCUT2D eigenvalue weighted by Gasteiger charge is 2.39. The molecule has 2 bridgehead atoms. The summed E-state index contributed by atoms with van der Waals surface area (Å²) in [5.41, 5.74) is 0.672. The van der Waals surface area contributed by atoms with Gasteiger partial charge in [-0.25, -0.2) is 4.98 Å². The van der Waals surface area contributed by atoms with Gasteiger partial charge < -0.3 is 10.1 Å². The molecule has 2 saturated carbocycles. The van der Waals surface area contributed by atoms with E-state index in [1.165, 1.54) is 25.7 Å². The highest BCUT2D eigenvalue weighted by atomic mass is 32.2. The molecule has 4 nitrogen and oxygen atoms in total. The number of ether oxygens (including phenoxy) is 1. The first kappa shape index (κ1) is 18.4. The van der Waals surface area contributed by atoms with Crippen LogP contribution < -0.4 is 10.1 Å². The van der Waals surface area contributed by atoms with E-state index in [4.69, 9.17) is 4.74 Å². The van der Waals surface area contributed by atoms with Gasteiger partial charge in [-0.15, -0.1) is 11.8 Å². The summed E-state index contributed by atoms with van der Waals surface area (Å²) < 4.78 is 5.72. The number of hydrogen-bond donors (Lipinski definition) is 1. The molecule has 1 aromatic carbocycles. The standard InChI is InChI=1S/C22H26N2O2S/c25-21(24-15-18-14-16-8-9-17(18)13-16)20-7-4-10-23-22(20)27-12-11-26-19-5-2-1-3-6-19/h1-7,10,16-18H,8-9,11-15H2,(H,24,25). The van der Waals surface area contributed by atoms with Gasteiger partial charge in [-0.3, -0.25) is 4.79 Å². The van der Waals surface area contributed by atoms with Crippen molar-refractivity contribution in [3.8, 4) is 5.75 Å². The fraction of sp³-hybridized carbons (Fsp3) is 0.455. The van der Waals surface area contributed by atoms with Crippen LogP contribution in [0.4, 0.5) is 0 Å². The van der Waals surface area contributed by atoms with Crippen molar-refractivity contribution in [3.63, 3.8) is 0 Å². The number of thioether (sulfide) groups is 1. The lowest BCUT2D eigenvalue weighted by molar-refractivity contribution is 0.0938. The van der Waals surface area contributed by atoms with E-state index in [-0.39, 0.29) is 5.91 Å². The number of rotatable bonds is 8. The van der Waals surface area contributed by atoms with Gasteiger partial charge in [-0.1, -0.05) is 24.6 Å². The highest BCUT2D eigenvalue weighted by Crippen LogP contribution is 2.47. The van der Waals surface area contributed by atoms with Gasteiger partial charge in [-0.2, -0.15) is 0 Å². The third kappa shape index (κ3) is 4.64. The van der Waals surface area contributed by atoms with Crippen LogP contribution in [0.25, 0.3) is 0 Å². The molecule has 0 saturated heterocycles. The summed E-state index contributed by atoms with van der Waals surface area (Å²) in [6.45, 7) is 1.38. The van der Waals surface area contributed by atoms with Crippen molar-refractivity contribution < 1.29 is 9.53 Å². The highest BCUT2D eigenvalue weighted by molar-refractivity contribution is 7.99. The molecule has 0 radical (unpaired) electrons. The van der Waals surface area contributed by atoms with Crippen molar-refractivity contribution in [3.05, 3.63) is 54.2 Å². The number of nitrogens with zero attached hydrogens (tertiary/aromatic N) is 1. The molecule has 1 amide bonds. The van der Waals surface area contributed by atoms with Crippen molar-refractivity contribution in [1.82, 2.24) is 10.3 Å². The Bertz CT molecular complexity index is 768. The Morgan fingerprint density at radius 1 is 1.15 bits per heavy atom. The molecule has 0 aliphatic heterocycles. The Balaban J connectivity index is 1.27. The van der Waals surface area contributed by atoms with Crippen LogP contribution in [0.3, 0.4) is 0 Å². The summed E-state index contributed by atoms with van der Waals surface area (Å²) in [7, 11) is 0. The Morgan fingerprint density at radius 3 is 2.81 bits per heavy atom. The second kappa shape index (κ2) is 8.79.